The lowest BCUT2D eigenvalue weighted by Crippen LogP contribution is -2.60. The molecule has 0 aromatic rings. The summed E-state index contributed by atoms with van der Waals surface area (Å²) < 4.78 is 5.64. The molecular weight excluding hydrogens is 416 g/mol. The van der Waals surface area contributed by atoms with E-state index in [1.54, 1.807) is 0 Å². The van der Waals surface area contributed by atoms with Crippen LogP contribution < -0.4 is 0 Å². The smallest absolute Gasteiger partial charge is 0.302 e. The number of carbonyl (C=O) groups excluding carboxylic acids is 1. The summed E-state index contributed by atoms with van der Waals surface area (Å²) in [7, 11) is 0. The van der Waals surface area contributed by atoms with E-state index in [4.69, 9.17) is 16.3 Å². The summed E-state index contributed by atoms with van der Waals surface area (Å²) >= 11 is 7.46. The molecule has 0 heterocycles. The number of halogens is 1. The SMILES string of the molecule is CC(=O)O[C@@H]1CC[C@]2(C)[C@@H]3CC[C@]4(C)[C@H](CC[C@@H]4[C@H](C)CCCC(C)C)[C@@H]3CC[C@@]2(Cl)C1. The maximum absolute atomic E-state index is 11.6. The molecule has 0 bridgehead atoms. The van der Waals surface area contributed by atoms with Gasteiger partial charge in [0.15, 0.2) is 0 Å². The van der Waals surface area contributed by atoms with Gasteiger partial charge in [-0.25, -0.2) is 0 Å². The predicted molar refractivity (Wildman–Crippen MR) is 134 cm³/mol. The van der Waals surface area contributed by atoms with E-state index >= 15 is 0 Å². The maximum atomic E-state index is 11.6. The number of hydrogen-bond donors (Lipinski definition) is 0. The van der Waals surface area contributed by atoms with Crippen molar-refractivity contribution in [1.82, 2.24) is 0 Å². The van der Waals surface area contributed by atoms with Crippen molar-refractivity contribution in [1.29, 1.82) is 0 Å². The molecule has 0 amide bonds. The lowest BCUT2D eigenvalue weighted by molar-refractivity contribution is -0.157. The van der Waals surface area contributed by atoms with Crippen molar-refractivity contribution >= 4 is 17.6 Å². The number of carbonyl (C=O) groups is 1. The molecule has 0 spiro atoms. The Balaban J connectivity index is 1.47. The fourth-order valence-electron chi connectivity index (χ4n) is 9.52. The monoisotopic (exact) mass is 464 g/mol. The third kappa shape index (κ3) is 4.18. The molecule has 0 N–H and O–H groups in total. The van der Waals surface area contributed by atoms with Crippen molar-refractivity contribution in [2.45, 2.75) is 130 Å². The van der Waals surface area contributed by atoms with Crippen LogP contribution in [0, 0.1) is 46.3 Å². The fraction of sp³-hybridized carbons (Fsp3) is 0.966. The summed E-state index contributed by atoms with van der Waals surface area (Å²) in [4.78, 5) is 11.4. The molecule has 0 radical (unpaired) electrons. The zero-order valence-electron chi connectivity index (χ0n) is 21.7. The molecule has 0 aromatic heterocycles. The molecule has 3 heteroatoms. The first kappa shape index (κ1) is 24.9. The van der Waals surface area contributed by atoms with Gasteiger partial charge in [0.1, 0.15) is 6.10 Å². The molecular formula is C29H49ClO2. The average molecular weight is 465 g/mol. The maximum Gasteiger partial charge on any atom is 0.302 e. The first-order valence-electron chi connectivity index (χ1n) is 13.9. The Morgan fingerprint density at radius 3 is 2.41 bits per heavy atom. The van der Waals surface area contributed by atoms with E-state index in [9.17, 15) is 4.79 Å². The molecule has 0 unspecified atom stereocenters. The number of rotatable bonds is 6. The molecule has 32 heavy (non-hydrogen) atoms. The zero-order chi connectivity index (χ0) is 23.3. The van der Waals surface area contributed by atoms with Crippen molar-refractivity contribution in [2.75, 3.05) is 0 Å². The molecule has 0 aromatic carbocycles. The van der Waals surface area contributed by atoms with Crippen LogP contribution in [0.4, 0.5) is 0 Å². The Morgan fingerprint density at radius 1 is 0.969 bits per heavy atom. The Kier molecular flexibility index (Phi) is 7.06. The molecule has 0 aliphatic heterocycles. The quantitative estimate of drug-likeness (QED) is 0.291. The standard InChI is InChI=1S/C29H49ClO2/c1-19(2)8-7-9-20(3)24-10-11-25-23-13-17-29(30)18-22(32-21(4)31)12-16-28(29,6)26(23)14-15-27(24,25)5/h19-20,22-26H,7-18H2,1-6H3/t20-,22-,23+,24-,25-,26-,27+,28-,29-/m1/s1. The van der Waals surface area contributed by atoms with Gasteiger partial charge in [0.25, 0.3) is 0 Å². The second-order valence-electron chi connectivity index (χ2n) is 13.3. The van der Waals surface area contributed by atoms with Gasteiger partial charge in [-0.05, 0) is 97.7 Å². The lowest BCUT2D eigenvalue weighted by atomic mass is 9.44. The van der Waals surface area contributed by atoms with Crippen molar-refractivity contribution in [3.05, 3.63) is 0 Å². The number of hydrogen-bond acceptors (Lipinski definition) is 2. The molecule has 4 aliphatic carbocycles. The van der Waals surface area contributed by atoms with E-state index in [0.717, 1.165) is 61.2 Å². The molecule has 0 saturated heterocycles. The minimum absolute atomic E-state index is 0.0195. The van der Waals surface area contributed by atoms with E-state index in [1.807, 2.05) is 0 Å². The van der Waals surface area contributed by atoms with Crippen LogP contribution in [0.2, 0.25) is 0 Å². The van der Waals surface area contributed by atoms with Gasteiger partial charge in [0.2, 0.25) is 0 Å². The Morgan fingerprint density at radius 2 is 1.72 bits per heavy atom. The topological polar surface area (TPSA) is 26.3 Å². The van der Waals surface area contributed by atoms with E-state index in [1.165, 1.54) is 58.3 Å². The van der Waals surface area contributed by atoms with Gasteiger partial charge in [0, 0.05) is 13.3 Å². The highest BCUT2D eigenvalue weighted by molar-refractivity contribution is 6.24. The van der Waals surface area contributed by atoms with Crippen LogP contribution in [0.25, 0.3) is 0 Å². The van der Waals surface area contributed by atoms with Gasteiger partial charge >= 0.3 is 5.97 Å². The third-order valence-electron chi connectivity index (χ3n) is 11.2. The number of esters is 1. The largest absolute Gasteiger partial charge is 0.462 e. The first-order valence-corrected chi connectivity index (χ1v) is 14.2. The molecule has 4 saturated carbocycles. The molecule has 4 rings (SSSR count). The van der Waals surface area contributed by atoms with E-state index in [2.05, 4.69) is 34.6 Å². The van der Waals surface area contributed by atoms with Gasteiger partial charge in [-0.15, -0.1) is 11.6 Å². The normalized spacial score (nSPS) is 46.8. The van der Waals surface area contributed by atoms with E-state index in [-0.39, 0.29) is 22.4 Å². The Labute approximate surface area is 203 Å². The van der Waals surface area contributed by atoms with Crippen LogP contribution in [0.15, 0.2) is 0 Å². The number of alkyl halides is 1. The van der Waals surface area contributed by atoms with Crippen LogP contribution in [-0.4, -0.2) is 16.9 Å². The second kappa shape index (κ2) is 9.09. The van der Waals surface area contributed by atoms with Crippen LogP contribution in [0.1, 0.15) is 119 Å². The van der Waals surface area contributed by atoms with Crippen molar-refractivity contribution in [3.8, 4) is 0 Å². The van der Waals surface area contributed by atoms with Crippen LogP contribution in [0.3, 0.4) is 0 Å². The third-order valence-corrected chi connectivity index (χ3v) is 12.0. The first-order chi connectivity index (χ1) is 15.0. The minimum Gasteiger partial charge on any atom is -0.462 e. The number of fused-ring (bicyclic) bond motifs is 5. The summed E-state index contributed by atoms with van der Waals surface area (Å²) in [5.74, 6) is 4.95. The van der Waals surface area contributed by atoms with Crippen LogP contribution in [-0.2, 0) is 9.53 Å². The molecule has 2 nitrogen and oxygen atoms in total. The predicted octanol–water partition coefficient (Wildman–Crippen LogP) is 8.40. The van der Waals surface area contributed by atoms with Gasteiger partial charge < -0.3 is 4.74 Å². The summed E-state index contributed by atoms with van der Waals surface area (Å²) in [6, 6.07) is 0. The van der Waals surface area contributed by atoms with Crippen molar-refractivity contribution < 1.29 is 9.53 Å². The average Bonchev–Trinajstić information content (AvgIpc) is 3.05. The van der Waals surface area contributed by atoms with Gasteiger partial charge in [-0.1, -0.05) is 53.9 Å². The summed E-state index contributed by atoms with van der Waals surface area (Å²) in [5.41, 5.74) is 0.729. The highest BCUT2D eigenvalue weighted by Gasteiger charge is 2.64. The zero-order valence-corrected chi connectivity index (χ0v) is 22.5. The molecule has 4 aliphatic rings. The van der Waals surface area contributed by atoms with Crippen molar-refractivity contribution in [3.63, 3.8) is 0 Å². The summed E-state index contributed by atoms with van der Waals surface area (Å²) in [6.07, 6.45) is 15.2. The molecule has 4 fully saturated rings. The van der Waals surface area contributed by atoms with Gasteiger partial charge in [-0.2, -0.15) is 0 Å². The summed E-state index contributed by atoms with van der Waals surface area (Å²) in [6.45, 7) is 14.0. The Hall–Kier alpha value is -0.240. The molecule has 9 atom stereocenters. The van der Waals surface area contributed by atoms with Crippen molar-refractivity contribution in [2.24, 2.45) is 46.3 Å². The number of ether oxygens (including phenoxy) is 1. The lowest BCUT2D eigenvalue weighted by Gasteiger charge is -2.64. The van der Waals surface area contributed by atoms with Crippen LogP contribution in [0.5, 0.6) is 0 Å². The molecule has 184 valence electrons. The highest BCUT2D eigenvalue weighted by Crippen LogP contribution is 2.70. The van der Waals surface area contributed by atoms with E-state index < -0.39 is 0 Å². The van der Waals surface area contributed by atoms with Gasteiger partial charge in [-0.3, -0.25) is 4.79 Å². The fourth-order valence-corrected chi connectivity index (χ4v) is 10.0. The minimum atomic E-state index is -0.192. The van der Waals surface area contributed by atoms with Gasteiger partial charge in [0.05, 0.1) is 4.87 Å². The highest BCUT2D eigenvalue weighted by atomic mass is 35.5. The van der Waals surface area contributed by atoms with E-state index in [0.29, 0.717) is 5.41 Å². The Bertz CT molecular complexity index is 691. The second-order valence-corrected chi connectivity index (χ2v) is 14.0. The summed E-state index contributed by atoms with van der Waals surface area (Å²) in [5, 5.41) is 0. The van der Waals surface area contributed by atoms with Crippen LogP contribution >= 0.6 is 11.6 Å².